The van der Waals surface area contributed by atoms with Gasteiger partial charge < -0.3 is 15.4 Å². The molecule has 4 rings (SSSR count). The quantitative estimate of drug-likeness (QED) is 0.743. The summed E-state index contributed by atoms with van der Waals surface area (Å²) in [5.41, 5.74) is 2.65. The first-order valence-corrected chi connectivity index (χ1v) is 10.9. The second kappa shape index (κ2) is 9.30. The lowest BCUT2D eigenvalue weighted by Gasteiger charge is -2.36. The molecule has 1 saturated carbocycles. The van der Waals surface area contributed by atoms with Crippen LogP contribution in [0.15, 0.2) is 48.5 Å². The van der Waals surface area contributed by atoms with Gasteiger partial charge in [0.2, 0.25) is 0 Å². The van der Waals surface area contributed by atoms with E-state index in [0.717, 1.165) is 47.8 Å². The van der Waals surface area contributed by atoms with Gasteiger partial charge in [0.05, 0.1) is 7.11 Å². The summed E-state index contributed by atoms with van der Waals surface area (Å²) < 4.78 is 5.50. The van der Waals surface area contributed by atoms with Crippen molar-refractivity contribution in [2.45, 2.75) is 44.2 Å². The summed E-state index contributed by atoms with van der Waals surface area (Å²) in [6.45, 7) is 2.98. The summed E-state index contributed by atoms with van der Waals surface area (Å²) in [7, 11) is 1.72. The maximum atomic E-state index is 6.19. The smallest absolute Gasteiger partial charge is 0.123 e. The number of ether oxygens (including phenoxy) is 1. The van der Waals surface area contributed by atoms with Crippen molar-refractivity contribution >= 4 is 11.6 Å². The predicted octanol–water partition coefficient (Wildman–Crippen LogP) is 5.00. The van der Waals surface area contributed by atoms with Gasteiger partial charge in [-0.2, -0.15) is 0 Å². The summed E-state index contributed by atoms with van der Waals surface area (Å²) in [6.07, 6.45) is 5.22. The van der Waals surface area contributed by atoms with E-state index >= 15 is 0 Å². The van der Waals surface area contributed by atoms with Gasteiger partial charge in [-0.3, -0.25) is 0 Å². The van der Waals surface area contributed by atoms with Crippen molar-refractivity contribution in [3.05, 3.63) is 64.7 Å². The van der Waals surface area contributed by atoms with Crippen LogP contribution >= 0.6 is 11.6 Å². The zero-order valence-electron chi connectivity index (χ0n) is 16.7. The molecule has 4 heteroatoms. The molecule has 3 nitrogen and oxygen atoms in total. The highest BCUT2D eigenvalue weighted by Gasteiger charge is 2.34. The summed E-state index contributed by atoms with van der Waals surface area (Å²) in [4.78, 5) is 0. The first kappa shape index (κ1) is 19.8. The van der Waals surface area contributed by atoms with Gasteiger partial charge in [0.25, 0.3) is 0 Å². The van der Waals surface area contributed by atoms with Crippen molar-refractivity contribution in [2.75, 3.05) is 20.2 Å². The molecule has 4 atom stereocenters. The van der Waals surface area contributed by atoms with Crippen LogP contribution in [0.2, 0.25) is 5.02 Å². The zero-order valence-corrected chi connectivity index (χ0v) is 17.4. The van der Waals surface area contributed by atoms with E-state index in [4.69, 9.17) is 16.3 Å². The third kappa shape index (κ3) is 4.71. The number of rotatable bonds is 5. The van der Waals surface area contributed by atoms with Crippen molar-refractivity contribution in [3.8, 4) is 5.75 Å². The van der Waals surface area contributed by atoms with Gasteiger partial charge in [0.15, 0.2) is 0 Å². The van der Waals surface area contributed by atoms with Gasteiger partial charge in [-0.25, -0.2) is 0 Å². The minimum Gasteiger partial charge on any atom is -0.496 e. The lowest BCUT2D eigenvalue weighted by molar-refractivity contribution is 0.204. The van der Waals surface area contributed by atoms with Gasteiger partial charge in [-0.1, -0.05) is 41.9 Å². The second-order valence-electron chi connectivity index (χ2n) is 8.37. The maximum absolute atomic E-state index is 6.19. The number of nitrogens with one attached hydrogen (secondary N) is 2. The molecule has 2 aromatic carbocycles. The van der Waals surface area contributed by atoms with Crippen LogP contribution in [0.1, 0.15) is 42.7 Å². The molecule has 0 radical (unpaired) electrons. The van der Waals surface area contributed by atoms with E-state index in [2.05, 4.69) is 41.0 Å². The summed E-state index contributed by atoms with van der Waals surface area (Å²) in [5.74, 6) is 3.22. The zero-order chi connectivity index (χ0) is 19.3. The Morgan fingerprint density at radius 1 is 1.04 bits per heavy atom. The van der Waals surface area contributed by atoms with Crippen molar-refractivity contribution in [1.29, 1.82) is 0 Å². The van der Waals surface area contributed by atoms with Crippen molar-refractivity contribution < 1.29 is 4.74 Å². The van der Waals surface area contributed by atoms with E-state index < -0.39 is 0 Å². The van der Waals surface area contributed by atoms with E-state index in [1.165, 1.54) is 31.2 Å². The Hall–Kier alpha value is -1.55. The van der Waals surface area contributed by atoms with Crippen LogP contribution in [0.4, 0.5) is 0 Å². The molecule has 4 unspecified atom stereocenters. The van der Waals surface area contributed by atoms with Crippen molar-refractivity contribution in [3.63, 3.8) is 0 Å². The molecular weight excluding hydrogens is 368 g/mol. The van der Waals surface area contributed by atoms with Crippen LogP contribution in [-0.2, 0) is 6.54 Å². The second-order valence-corrected chi connectivity index (χ2v) is 8.81. The fourth-order valence-corrected chi connectivity index (χ4v) is 5.29. The number of methoxy groups -OCH3 is 1. The Kier molecular flexibility index (Phi) is 6.56. The van der Waals surface area contributed by atoms with Crippen LogP contribution in [0.5, 0.6) is 5.75 Å². The molecule has 150 valence electrons. The van der Waals surface area contributed by atoms with Crippen LogP contribution in [0, 0.1) is 11.8 Å². The van der Waals surface area contributed by atoms with E-state index in [9.17, 15) is 0 Å². The van der Waals surface area contributed by atoms with Crippen molar-refractivity contribution in [2.24, 2.45) is 11.8 Å². The fraction of sp³-hybridized carbons (Fsp3) is 0.500. The molecule has 2 aliphatic rings. The summed E-state index contributed by atoms with van der Waals surface area (Å²) in [6, 6.07) is 17.4. The van der Waals surface area contributed by atoms with Crippen LogP contribution in [0.25, 0.3) is 0 Å². The number of fused-ring (bicyclic) bond motifs is 1. The van der Waals surface area contributed by atoms with Gasteiger partial charge in [-0.05, 0) is 73.7 Å². The summed E-state index contributed by atoms with van der Waals surface area (Å²) >= 11 is 6.19. The molecule has 2 N–H and O–H groups in total. The molecule has 0 bridgehead atoms. The Morgan fingerprint density at radius 2 is 1.89 bits per heavy atom. The number of benzene rings is 2. The average molecular weight is 399 g/mol. The topological polar surface area (TPSA) is 33.3 Å². The first-order valence-electron chi connectivity index (χ1n) is 10.5. The lowest BCUT2D eigenvalue weighted by atomic mass is 9.70. The van der Waals surface area contributed by atoms with E-state index in [0.29, 0.717) is 12.0 Å². The summed E-state index contributed by atoms with van der Waals surface area (Å²) in [5, 5.41) is 8.23. The number of hydrogen-bond donors (Lipinski definition) is 2. The van der Waals surface area contributed by atoms with Crippen LogP contribution in [0.3, 0.4) is 0 Å². The molecule has 1 aliphatic carbocycles. The normalized spacial score (nSPS) is 27.6. The molecule has 2 fully saturated rings. The minimum atomic E-state index is 0.480. The Balaban J connectivity index is 1.39. The maximum Gasteiger partial charge on any atom is 0.123 e. The molecular formula is C24H31ClN2O. The number of halogens is 1. The molecule has 0 aromatic heterocycles. The van der Waals surface area contributed by atoms with Gasteiger partial charge in [0.1, 0.15) is 5.75 Å². The highest BCUT2D eigenvalue weighted by Crippen LogP contribution is 2.42. The lowest BCUT2D eigenvalue weighted by Crippen LogP contribution is -2.37. The van der Waals surface area contributed by atoms with E-state index in [1.807, 2.05) is 18.2 Å². The SMILES string of the molecule is COc1ccc(Cl)cc1CNC1CNCC2CCC(c3ccccc3)CC2C1. The molecule has 2 aromatic rings. The van der Waals surface area contributed by atoms with Crippen LogP contribution < -0.4 is 15.4 Å². The molecule has 1 heterocycles. The fourth-order valence-electron chi connectivity index (χ4n) is 5.10. The van der Waals surface area contributed by atoms with Gasteiger partial charge in [0, 0.05) is 29.7 Å². The molecule has 28 heavy (non-hydrogen) atoms. The molecule has 1 saturated heterocycles. The van der Waals surface area contributed by atoms with Crippen molar-refractivity contribution in [1.82, 2.24) is 10.6 Å². The molecule has 0 amide bonds. The van der Waals surface area contributed by atoms with E-state index in [1.54, 1.807) is 7.11 Å². The number of hydrogen-bond acceptors (Lipinski definition) is 3. The first-order chi connectivity index (χ1) is 13.7. The highest BCUT2D eigenvalue weighted by atomic mass is 35.5. The van der Waals surface area contributed by atoms with E-state index in [-0.39, 0.29) is 0 Å². The molecule has 1 aliphatic heterocycles. The third-order valence-corrected chi connectivity index (χ3v) is 6.85. The van der Waals surface area contributed by atoms with Crippen LogP contribution in [-0.4, -0.2) is 26.2 Å². The Labute approximate surface area is 173 Å². The highest BCUT2D eigenvalue weighted by molar-refractivity contribution is 6.30. The van der Waals surface area contributed by atoms with Gasteiger partial charge in [-0.15, -0.1) is 0 Å². The molecule has 0 spiro atoms. The Morgan fingerprint density at radius 3 is 2.71 bits per heavy atom. The average Bonchev–Trinajstić information content (AvgIpc) is 2.94. The van der Waals surface area contributed by atoms with Gasteiger partial charge >= 0.3 is 0 Å². The third-order valence-electron chi connectivity index (χ3n) is 6.62. The largest absolute Gasteiger partial charge is 0.496 e. The Bertz CT molecular complexity index is 766. The standard InChI is InChI=1S/C24H31ClN2O/c1-28-24-10-9-22(25)12-21(24)15-27-23-13-20-11-18(17-5-3-2-4-6-17)7-8-19(20)14-26-16-23/h2-6,9-10,12,18-20,23,26-27H,7-8,11,13-16H2,1H3. The minimum absolute atomic E-state index is 0.480. The predicted molar refractivity (Wildman–Crippen MR) is 116 cm³/mol. The monoisotopic (exact) mass is 398 g/mol.